The molecule has 2 saturated carbocycles. The van der Waals surface area contributed by atoms with Crippen LogP contribution < -0.4 is 10.1 Å². The quantitative estimate of drug-likeness (QED) is 0.773. The SMILES string of the molecule is O=C(O)[C@H]1[C@H]2CC[C@@H](C2)[C@@H]1C(=O)Nc1ccc(Oc2ccc(Cl)cc2)cc1. The number of carbonyl (C=O) groups excluding carboxylic acids is 1. The van der Waals surface area contributed by atoms with Crippen LogP contribution in [0.25, 0.3) is 0 Å². The van der Waals surface area contributed by atoms with E-state index in [9.17, 15) is 14.7 Å². The molecule has 2 aliphatic carbocycles. The Balaban J connectivity index is 1.41. The van der Waals surface area contributed by atoms with Crippen molar-refractivity contribution in [3.63, 3.8) is 0 Å². The van der Waals surface area contributed by atoms with Crippen LogP contribution in [0, 0.1) is 23.7 Å². The van der Waals surface area contributed by atoms with Gasteiger partial charge in [0.2, 0.25) is 5.91 Å². The summed E-state index contributed by atoms with van der Waals surface area (Å²) in [5.41, 5.74) is 0.635. The topological polar surface area (TPSA) is 75.6 Å². The number of amides is 1. The Morgan fingerprint density at radius 2 is 1.48 bits per heavy atom. The summed E-state index contributed by atoms with van der Waals surface area (Å²) in [6, 6.07) is 14.1. The summed E-state index contributed by atoms with van der Waals surface area (Å²) >= 11 is 5.86. The molecule has 2 N–H and O–H groups in total. The third kappa shape index (κ3) is 3.65. The lowest BCUT2D eigenvalue weighted by Crippen LogP contribution is -2.37. The standard InChI is InChI=1S/C21H20ClNO4/c22-14-3-7-16(8-4-14)27-17-9-5-15(6-10-17)23-20(24)18-12-1-2-13(11-12)19(18)21(25)26/h3-10,12-13,18-19H,1-2,11H2,(H,23,24)(H,25,26)/t12-,13-,18-,19-/m0/s1. The molecule has 2 aromatic rings. The molecule has 4 atom stereocenters. The lowest BCUT2D eigenvalue weighted by atomic mass is 9.78. The van der Waals surface area contributed by atoms with Crippen molar-refractivity contribution in [2.24, 2.45) is 23.7 Å². The lowest BCUT2D eigenvalue weighted by Gasteiger charge is -2.27. The number of fused-ring (bicyclic) bond motifs is 2. The van der Waals surface area contributed by atoms with Gasteiger partial charge in [-0.05, 0) is 79.6 Å². The third-order valence-corrected chi connectivity index (χ3v) is 5.93. The maximum Gasteiger partial charge on any atom is 0.307 e. The number of benzene rings is 2. The average molecular weight is 386 g/mol. The van der Waals surface area contributed by atoms with Gasteiger partial charge in [-0.1, -0.05) is 11.6 Å². The molecule has 0 saturated heterocycles. The van der Waals surface area contributed by atoms with Crippen LogP contribution >= 0.6 is 11.6 Å². The maximum absolute atomic E-state index is 12.7. The van der Waals surface area contributed by atoms with Crippen LogP contribution in [0.1, 0.15) is 19.3 Å². The highest BCUT2D eigenvalue weighted by Crippen LogP contribution is 2.52. The Hall–Kier alpha value is -2.53. The molecular formula is C21H20ClNO4. The van der Waals surface area contributed by atoms with Crippen LogP contribution in [0.5, 0.6) is 11.5 Å². The smallest absolute Gasteiger partial charge is 0.307 e. The highest BCUT2D eigenvalue weighted by Gasteiger charge is 2.53. The van der Waals surface area contributed by atoms with Crippen molar-refractivity contribution >= 4 is 29.2 Å². The molecule has 0 heterocycles. The second-order valence-electron chi connectivity index (χ2n) is 7.29. The van der Waals surface area contributed by atoms with Crippen molar-refractivity contribution in [3.8, 4) is 11.5 Å². The number of ether oxygens (including phenoxy) is 1. The average Bonchev–Trinajstić information content (AvgIpc) is 3.26. The highest BCUT2D eigenvalue weighted by atomic mass is 35.5. The van der Waals surface area contributed by atoms with Gasteiger partial charge in [-0.15, -0.1) is 0 Å². The van der Waals surface area contributed by atoms with Crippen LogP contribution in [-0.2, 0) is 9.59 Å². The summed E-state index contributed by atoms with van der Waals surface area (Å²) in [6.07, 6.45) is 2.71. The zero-order valence-electron chi connectivity index (χ0n) is 14.6. The molecule has 2 aromatic carbocycles. The van der Waals surface area contributed by atoms with E-state index >= 15 is 0 Å². The van der Waals surface area contributed by atoms with Crippen LogP contribution in [0.15, 0.2) is 48.5 Å². The molecule has 0 radical (unpaired) electrons. The summed E-state index contributed by atoms with van der Waals surface area (Å²) in [5, 5.41) is 13.0. The fraction of sp³-hybridized carbons (Fsp3) is 0.333. The molecule has 0 unspecified atom stereocenters. The second-order valence-corrected chi connectivity index (χ2v) is 7.73. The van der Waals surface area contributed by atoms with Gasteiger partial charge in [0.1, 0.15) is 11.5 Å². The molecule has 6 heteroatoms. The zero-order valence-corrected chi connectivity index (χ0v) is 15.4. The summed E-state index contributed by atoms with van der Waals surface area (Å²) < 4.78 is 5.73. The van der Waals surface area contributed by atoms with Crippen molar-refractivity contribution < 1.29 is 19.4 Å². The van der Waals surface area contributed by atoms with Gasteiger partial charge >= 0.3 is 5.97 Å². The van der Waals surface area contributed by atoms with Crippen LogP contribution in [0.4, 0.5) is 5.69 Å². The molecule has 2 fully saturated rings. The van der Waals surface area contributed by atoms with Gasteiger partial charge in [-0.3, -0.25) is 9.59 Å². The molecule has 0 spiro atoms. The number of anilines is 1. The van der Waals surface area contributed by atoms with E-state index in [1.807, 2.05) is 0 Å². The maximum atomic E-state index is 12.7. The Bertz CT molecular complexity index is 849. The largest absolute Gasteiger partial charge is 0.481 e. The minimum absolute atomic E-state index is 0.137. The lowest BCUT2D eigenvalue weighted by molar-refractivity contribution is -0.148. The van der Waals surface area contributed by atoms with E-state index in [4.69, 9.17) is 16.3 Å². The van der Waals surface area contributed by atoms with Crippen molar-refractivity contribution in [2.75, 3.05) is 5.32 Å². The van der Waals surface area contributed by atoms with Gasteiger partial charge in [0, 0.05) is 10.7 Å². The summed E-state index contributed by atoms with van der Waals surface area (Å²) in [7, 11) is 0. The Kier molecular flexibility index (Phi) is 4.79. The van der Waals surface area contributed by atoms with Gasteiger partial charge < -0.3 is 15.2 Å². The number of carboxylic acids is 1. The summed E-state index contributed by atoms with van der Waals surface area (Å²) in [4.78, 5) is 24.3. The van der Waals surface area contributed by atoms with E-state index in [2.05, 4.69) is 5.32 Å². The number of aliphatic carboxylic acids is 1. The monoisotopic (exact) mass is 385 g/mol. The summed E-state index contributed by atoms with van der Waals surface area (Å²) in [6.45, 7) is 0. The molecule has 0 aliphatic heterocycles. The molecule has 27 heavy (non-hydrogen) atoms. The Morgan fingerprint density at radius 3 is 2.07 bits per heavy atom. The van der Waals surface area contributed by atoms with E-state index in [0.717, 1.165) is 19.3 Å². The van der Waals surface area contributed by atoms with Crippen LogP contribution in [-0.4, -0.2) is 17.0 Å². The molecule has 5 nitrogen and oxygen atoms in total. The number of hydrogen-bond acceptors (Lipinski definition) is 3. The Labute approximate surface area is 162 Å². The third-order valence-electron chi connectivity index (χ3n) is 5.68. The zero-order chi connectivity index (χ0) is 19.0. The van der Waals surface area contributed by atoms with Gasteiger partial charge in [-0.25, -0.2) is 0 Å². The minimum atomic E-state index is -0.853. The number of carbonyl (C=O) groups is 2. The molecule has 2 bridgehead atoms. The van der Waals surface area contributed by atoms with Gasteiger partial charge in [0.05, 0.1) is 11.8 Å². The number of nitrogens with one attached hydrogen (secondary N) is 1. The first-order valence-corrected chi connectivity index (χ1v) is 9.46. The first-order chi connectivity index (χ1) is 13.0. The van der Waals surface area contributed by atoms with Gasteiger partial charge in [0.25, 0.3) is 0 Å². The number of halogens is 1. The van der Waals surface area contributed by atoms with Crippen LogP contribution in [0.3, 0.4) is 0 Å². The number of hydrogen-bond donors (Lipinski definition) is 2. The Morgan fingerprint density at radius 1 is 0.926 bits per heavy atom. The van der Waals surface area contributed by atoms with E-state index in [1.165, 1.54) is 0 Å². The van der Waals surface area contributed by atoms with E-state index < -0.39 is 17.8 Å². The predicted molar refractivity (Wildman–Crippen MR) is 102 cm³/mol. The second kappa shape index (κ2) is 7.24. The number of rotatable bonds is 5. The van der Waals surface area contributed by atoms with Crippen molar-refractivity contribution in [1.82, 2.24) is 0 Å². The van der Waals surface area contributed by atoms with Crippen molar-refractivity contribution in [2.45, 2.75) is 19.3 Å². The van der Waals surface area contributed by atoms with Gasteiger partial charge in [0.15, 0.2) is 0 Å². The molecule has 0 aromatic heterocycles. The molecular weight excluding hydrogens is 366 g/mol. The first kappa shape index (κ1) is 17.9. The first-order valence-electron chi connectivity index (χ1n) is 9.08. The van der Waals surface area contributed by atoms with Crippen LogP contribution in [0.2, 0.25) is 5.02 Å². The minimum Gasteiger partial charge on any atom is -0.481 e. The fourth-order valence-electron chi connectivity index (χ4n) is 4.49. The van der Waals surface area contributed by atoms with Gasteiger partial charge in [-0.2, -0.15) is 0 Å². The molecule has 1 amide bonds. The summed E-state index contributed by atoms with van der Waals surface area (Å²) in [5.74, 6) is -0.416. The molecule has 4 rings (SSSR count). The van der Waals surface area contributed by atoms with E-state index in [1.54, 1.807) is 48.5 Å². The van der Waals surface area contributed by atoms with E-state index in [-0.39, 0.29) is 17.7 Å². The van der Waals surface area contributed by atoms with Crippen molar-refractivity contribution in [3.05, 3.63) is 53.6 Å². The highest BCUT2D eigenvalue weighted by molar-refractivity contribution is 6.30. The fourth-order valence-corrected chi connectivity index (χ4v) is 4.62. The molecule has 140 valence electrons. The van der Waals surface area contributed by atoms with E-state index in [0.29, 0.717) is 22.2 Å². The normalized spacial score (nSPS) is 26.0. The predicted octanol–water partition coefficient (Wildman–Crippen LogP) is 4.82. The van der Waals surface area contributed by atoms with Crippen molar-refractivity contribution in [1.29, 1.82) is 0 Å². The number of carboxylic acid groups (broad SMARTS) is 1. The molecule has 2 aliphatic rings.